The summed E-state index contributed by atoms with van der Waals surface area (Å²) in [4.78, 5) is 64.6. The number of primary amides is 1. The van der Waals surface area contributed by atoms with Crippen LogP contribution in [0.5, 0.6) is 0 Å². The van der Waals surface area contributed by atoms with E-state index in [-0.39, 0.29) is 38.2 Å². The van der Waals surface area contributed by atoms with Crippen molar-refractivity contribution in [1.82, 2.24) is 16.0 Å². The molecular formula is C23H36N8O7. The lowest BCUT2D eigenvalue weighted by atomic mass is 10.0. The van der Waals surface area contributed by atoms with Crippen molar-refractivity contribution in [3.05, 3.63) is 35.9 Å². The first kappa shape index (κ1) is 31.8. The molecule has 13 N–H and O–H groups in total. The monoisotopic (exact) mass is 536 g/mol. The zero-order chi connectivity index (χ0) is 28.7. The van der Waals surface area contributed by atoms with E-state index in [4.69, 9.17) is 22.9 Å². The van der Waals surface area contributed by atoms with Crippen LogP contribution in [0.1, 0.15) is 31.2 Å². The van der Waals surface area contributed by atoms with Crippen LogP contribution in [0.3, 0.4) is 0 Å². The maximum absolute atomic E-state index is 13.0. The average molecular weight is 537 g/mol. The van der Waals surface area contributed by atoms with Gasteiger partial charge in [-0.1, -0.05) is 30.3 Å². The normalized spacial score (nSPS) is 13.7. The molecule has 0 heterocycles. The molecule has 0 aliphatic rings. The summed E-state index contributed by atoms with van der Waals surface area (Å²) in [7, 11) is 0. The number of carboxylic acid groups (broad SMARTS) is 1. The van der Waals surface area contributed by atoms with E-state index in [1.165, 1.54) is 0 Å². The van der Waals surface area contributed by atoms with Gasteiger partial charge in [-0.05, 0) is 24.8 Å². The smallest absolute Gasteiger partial charge is 0.326 e. The minimum atomic E-state index is -1.44. The minimum absolute atomic E-state index is 0.0308. The van der Waals surface area contributed by atoms with Crippen molar-refractivity contribution in [2.24, 2.45) is 27.9 Å². The van der Waals surface area contributed by atoms with Crippen molar-refractivity contribution in [2.75, 3.05) is 13.2 Å². The number of benzene rings is 1. The highest BCUT2D eigenvalue weighted by atomic mass is 16.4. The second-order valence-electron chi connectivity index (χ2n) is 8.45. The third-order valence-corrected chi connectivity index (χ3v) is 5.33. The number of nitrogens with zero attached hydrogens (tertiary/aromatic N) is 1. The molecule has 0 bridgehead atoms. The van der Waals surface area contributed by atoms with Gasteiger partial charge in [0.25, 0.3) is 0 Å². The molecule has 15 nitrogen and oxygen atoms in total. The van der Waals surface area contributed by atoms with Crippen LogP contribution in [0.15, 0.2) is 35.3 Å². The maximum Gasteiger partial charge on any atom is 0.326 e. The van der Waals surface area contributed by atoms with E-state index < -0.39 is 60.4 Å². The molecule has 1 aromatic rings. The Morgan fingerprint density at radius 2 is 1.42 bits per heavy atom. The number of hydrogen-bond donors (Lipinski definition) is 9. The maximum atomic E-state index is 13.0. The Balaban J connectivity index is 2.93. The van der Waals surface area contributed by atoms with Crippen LogP contribution in [0.2, 0.25) is 0 Å². The molecule has 0 aromatic heterocycles. The number of carbonyl (C=O) groups is 5. The fourth-order valence-corrected chi connectivity index (χ4v) is 3.27. The summed E-state index contributed by atoms with van der Waals surface area (Å²) in [5.41, 5.74) is 22.0. The number of nitrogens with one attached hydrogen (secondary N) is 3. The van der Waals surface area contributed by atoms with Gasteiger partial charge in [0, 0.05) is 19.4 Å². The Bertz CT molecular complexity index is 985. The molecule has 0 radical (unpaired) electrons. The number of aliphatic hydroxyl groups is 1. The van der Waals surface area contributed by atoms with Crippen molar-refractivity contribution in [1.29, 1.82) is 0 Å². The number of guanidine groups is 1. The molecule has 0 aliphatic heterocycles. The van der Waals surface area contributed by atoms with E-state index in [1.54, 1.807) is 30.3 Å². The molecular weight excluding hydrogens is 500 g/mol. The number of rotatable bonds is 17. The lowest BCUT2D eigenvalue weighted by Crippen LogP contribution is -2.58. The number of nitrogens with two attached hydrogens (primary N) is 4. The van der Waals surface area contributed by atoms with Crippen LogP contribution < -0.4 is 38.9 Å². The van der Waals surface area contributed by atoms with E-state index in [9.17, 15) is 34.2 Å². The van der Waals surface area contributed by atoms with Crippen molar-refractivity contribution in [3.8, 4) is 0 Å². The van der Waals surface area contributed by atoms with Gasteiger partial charge in [0.1, 0.15) is 18.1 Å². The Hall–Kier alpha value is -4.24. The molecule has 1 rings (SSSR count). The molecule has 38 heavy (non-hydrogen) atoms. The highest BCUT2D eigenvalue weighted by Crippen LogP contribution is 2.06. The van der Waals surface area contributed by atoms with E-state index >= 15 is 0 Å². The van der Waals surface area contributed by atoms with Crippen LogP contribution in [-0.2, 0) is 30.4 Å². The molecule has 4 amide bonds. The minimum Gasteiger partial charge on any atom is -0.480 e. The van der Waals surface area contributed by atoms with Crippen molar-refractivity contribution < 1.29 is 34.2 Å². The van der Waals surface area contributed by atoms with Crippen molar-refractivity contribution in [2.45, 2.75) is 56.3 Å². The Labute approximate surface area is 219 Å². The topological polar surface area (TPSA) is 278 Å². The van der Waals surface area contributed by atoms with E-state index in [1.807, 2.05) is 0 Å². The van der Waals surface area contributed by atoms with Gasteiger partial charge in [-0.2, -0.15) is 0 Å². The van der Waals surface area contributed by atoms with Crippen LogP contribution in [0.25, 0.3) is 0 Å². The van der Waals surface area contributed by atoms with Gasteiger partial charge in [0.15, 0.2) is 5.96 Å². The largest absolute Gasteiger partial charge is 0.480 e. The number of carboxylic acids is 1. The Kier molecular flexibility index (Phi) is 13.8. The van der Waals surface area contributed by atoms with E-state index in [0.29, 0.717) is 12.0 Å². The SMILES string of the molecule is NC(=O)CCC(NC(=O)C(Cc1ccccc1)NC(=O)C(CO)NC(=O)C(N)CCCN=C(N)N)C(=O)O. The third kappa shape index (κ3) is 12.1. The zero-order valence-electron chi connectivity index (χ0n) is 20.8. The highest BCUT2D eigenvalue weighted by Gasteiger charge is 2.30. The molecule has 15 heteroatoms. The fourth-order valence-electron chi connectivity index (χ4n) is 3.27. The van der Waals surface area contributed by atoms with Gasteiger partial charge in [0.2, 0.25) is 23.6 Å². The standard InChI is InChI=1S/C23H36N8O7/c24-14(7-4-10-28-23(26)27)19(34)31-17(12-32)21(36)30-16(11-13-5-2-1-3-6-13)20(35)29-15(22(37)38)8-9-18(25)33/h1-3,5-6,14-17,32H,4,7-12,24H2,(H2,25,33)(H,29,35)(H,30,36)(H,31,34)(H,37,38)(H4,26,27,28). The van der Waals surface area contributed by atoms with Gasteiger partial charge < -0.3 is 49.1 Å². The second kappa shape index (κ2) is 16.5. The van der Waals surface area contributed by atoms with Crippen LogP contribution >= 0.6 is 0 Å². The van der Waals surface area contributed by atoms with E-state index in [0.717, 1.165) is 0 Å². The Morgan fingerprint density at radius 3 is 1.97 bits per heavy atom. The highest BCUT2D eigenvalue weighted by molar-refractivity contribution is 5.94. The summed E-state index contributed by atoms with van der Waals surface area (Å²) in [5.74, 6) is -4.69. The molecule has 0 saturated heterocycles. The first-order chi connectivity index (χ1) is 17.9. The molecule has 0 fully saturated rings. The first-order valence-corrected chi connectivity index (χ1v) is 11.8. The van der Waals surface area contributed by atoms with Crippen molar-refractivity contribution in [3.63, 3.8) is 0 Å². The summed E-state index contributed by atoms with van der Waals surface area (Å²) in [6, 6.07) is 3.39. The van der Waals surface area contributed by atoms with Gasteiger partial charge in [-0.3, -0.25) is 24.2 Å². The van der Waals surface area contributed by atoms with Crippen molar-refractivity contribution >= 4 is 35.6 Å². The molecule has 0 aliphatic carbocycles. The lowest BCUT2D eigenvalue weighted by molar-refractivity contribution is -0.142. The number of carbonyl (C=O) groups excluding carboxylic acids is 4. The van der Waals surface area contributed by atoms with Gasteiger partial charge in [-0.25, -0.2) is 4.79 Å². The molecule has 210 valence electrons. The quantitative estimate of drug-likeness (QED) is 0.0535. The van der Waals surface area contributed by atoms with Crippen LogP contribution in [0.4, 0.5) is 0 Å². The summed E-state index contributed by atoms with van der Waals surface area (Å²) < 4.78 is 0. The predicted octanol–water partition coefficient (Wildman–Crippen LogP) is -3.59. The van der Waals surface area contributed by atoms with Crippen LogP contribution in [-0.4, -0.2) is 83.1 Å². The number of amides is 4. The van der Waals surface area contributed by atoms with Gasteiger partial charge >= 0.3 is 5.97 Å². The molecule has 4 unspecified atom stereocenters. The van der Waals surface area contributed by atoms with Gasteiger partial charge in [-0.15, -0.1) is 0 Å². The fraction of sp³-hybridized carbons (Fsp3) is 0.478. The molecule has 1 aromatic carbocycles. The molecule has 0 saturated carbocycles. The predicted molar refractivity (Wildman–Crippen MR) is 137 cm³/mol. The average Bonchev–Trinajstić information content (AvgIpc) is 2.86. The Morgan fingerprint density at radius 1 is 0.842 bits per heavy atom. The first-order valence-electron chi connectivity index (χ1n) is 11.8. The van der Waals surface area contributed by atoms with Gasteiger partial charge in [0.05, 0.1) is 12.6 Å². The zero-order valence-corrected chi connectivity index (χ0v) is 20.8. The number of aliphatic imine (C=N–C) groups is 1. The van der Waals surface area contributed by atoms with E-state index in [2.05, 4.69) is 20.9 Å². The summed E-state index contributed by atoms with van der Waals surface area (Å²) in [5, 5.41) is 26.2. The number of aliphatic hydroxyl groups excluding tert-OH is 1. The summed E-state index contributed by atoms with van der Waals surface area (Å²) in [6.45, 7) is -0.547. The summed E-state index contributed by atoms with van der Waals surface area (Å²) in [6.07, 6.45) is 0.0269. The number of aliphatic carboxylic acids is 1. The molecule has 0 spiro atoms. The lowest BCUT2D eigenvalue weighted by Gasteiger charge is -2.24. The third-order valence-electron chi connectivity index (χ3n) is 5.33. The summed E-state index contributed by atoms with van der Waals surface area (Å²) >= 11 is 0. The number of hydrogen-bond acceptors (Lipinski definition) is 8. The molecule has 4 atom stereocenters. The second-order valence-corrected chi connectivity index (χ2v) is 8.45. The van der Waals surface area contributed by atoms with Crippen LogP contribution in [0, 0.1) is 0 Å².